The molecule has 48 heavy (non-hydrogen) atoms. The van der Waals surface area contributed by atoms with Crippen molar-refractivity contribution in [1.29, 1.82) is 0 Å². The van der Waals surface area contributed by atoms with Gasteiger partial charge in [0.05, 0.1) is 6.61 Å². The van der Waals surface area contributed by atoms with Crippen molar-refractivity contribution >= 4 is 23.5 Å². The standard InChI is InChI=1S/C43H83N2OS2/c1-5-7-9-11-13-15-17-19-21-23-25-27-29-31-33-35-37-44-43(48-41-38-45(3)4)46-39-42-47-40-36-34-32-30-28-26-24-22-20-18-16-14-12-10-8-6-2/h13,15,19-22,44H,5-12,14,16-18,23-42H2,1-4H3/b15-13-,21-19-,22-20-. The van der Waals surface area contributed by atoms with Crippen LogP contribution in [0.15, 0.2) is 36.5 Å². The maximum atomic E-state index is 6.20. The minimum atomic E-state index is 0.817. The topological polar surface area (TPSA) is 24.5 Å². The highest BCUT2D eigenvalue weighted by Gasteiger charge is 2.11. The fourth-order valence-corrected chi connectivity index (χ4v) is 7.34. The summed E-state index contributed by atoms with van der Waals surface area (Å²) in [6, 6.07) is 0. The lowest BCUT2D eigenvalue weighted by molar-refractivity contribution is 0.179. The van der Waals surface area contributed by atoms with Crippen molar-refractivity contribution in [2.75, 3.05) is 51.1 Å². The third kappa shape index (κ3) is 42.0. The summed E-state index contributed by atoms with van der Waals surface area (Å²) < 4.78 is 6.20. The van der Waals surface area contributed by atoms with Crippen LogP contribution in [0, 0.1) is 5.56 Å². The Morgan fingerprint density at radius 2 is 0.979 bits per heavy atom. The summed E-state index contributed by atoms with van der Waals surface area (Å²) in [6.07, 6.45) is 49.1. The van der Waals surface area contributed by atoms with E-state index in [-0.39, 0.29) is 0 Å². The van der Waals surface area contributed by atoms with Crippen LogP contribution in [-0.4, -0.2) is 56.0 Å². The maximum Gasteiger partial charge on any atom is 0.221 e. The van der Waals surface area contributed by atoms with Crippen LogP contribution in [0.1, 0.15) is 181 Å². The van der Waals surface area contributed by atoms with Gasteiger partial charge in [0.2, 0.25) is 5.56 Å². The lowest BCUT2D eigenvalue weighted by Crippen LogP contribution is -2.25. The molecule has 0 aliphatic carbocycles. The first-order valence-corrected chi connectivity index (χ1v) is 22.9. The Labute approximate surface area is 311 Å². The molecule has 0 aromatic carbocycles. The van der Waals surface area contributed by atoms with Gasteiger partial charge in [-0.1, -0.05) is 147 Å². The van der Waals surface area contributed by atoms with Gasteiger partial charge in [-0.05, 0) is 97.0 Å². The number of ether oxygens (including phenoxy) is 1. The van der Waals surface area contributed by atoms with Crippen LogP contribution in [0.5, 0.6) is 0 Å². The first kappa shape index (κ1) is 47.8. The quantitative estimate of drug-likeness (QED) is 0.0505. The van der Waals surface area contributed by atoms with Gasteiger partial charge in [-0.15, -0.1) is 11.8 Å². The second kappa shape index (κ2) is 43.0. The van der Waals surface area contributed by atoms with Crippen molar-refractivity contribution in [3.8, 4) is 0 Å². The Balaban J connectivity index is 3.67. The van der Waals surface area contributed by atoms with Gasteiger partial charge in [0.15, 0.2) is 0 Å². The number of thioether (sulfide) groups is 2. The van der Waals surface area contributed by atoms with Crippen LogP contribution in [-0.2, 0) is 4.74 Å². The molecule has 3 nitrogen and oxygen atoms in total. The molecule has 0 aromatic rings. The third-order valence-corrected chi connectivity index (χ3v) is 10.6. The van der Waals surface area contributed by atoms with E-state index in [1.165, 1.54) is 166 Å². The molecule has 0 saturated heterocycles. The molecule has 0 rings (SSSR count). The van der Waals surface area contributed by atoms with Crippen LogP contribution in [0.3, 0.4) is 0 Å². The molecule has 0 unspecified atom stereocenters. The molecule has 1 radical (unpaired) electrons. The Kier molecular flexibility index (Phi) is 42.8. The molecule has 0 heterocycles. The van der Waals surface area contributed by atoms with Gasteiger partial charge in [-0.2, -0.15) is 11.8 Å². The van der Waals surface area contributed by atoms with E-state index in [2.05, 4.69) is 86.4 Å². The Bertz CT molecular complexity index is 682. The summed E-state index contributed by atoms with van der Waals surface area (Å²) in [6.45, 7) is 7.49. The summed E-state index contributed by atoms with van der Waals surface area (Å²) in [5.74, 6) is 3.44. The SMILES string of the molecule is CCCCC/C=C\C/C=C\CCCCCCCCN[C](OCCSCCCCCCCC/C=C\CCCCCCCC)SCCN(C)C. The smallest absolute Gasteiger partial charge is 0.221 e. The highest BCUT2D eigenvalue weighted by Crippen LogP contribution is 2.19. The van der Waals surface area contributed by atoms with E-state index >= 15 is 0 Å². The minimum absolute atomic E-state index is 0.817. The van der Waals surface area contributed by atoms with E-state index in [1.54, 1.807) is 0 Å². The minimum Gasteiger partial charge on any atom is -0.346 e. The summed E-state index contributed by atoms with van der Waals surface area (Å²) in [5.41, 5.74) is 1.04. The van der Waals surface area contributed by atoms with Gasteiger partial charge in [-0.25, -0.2) is 0 Å². The molecule has 0 spiro atoms. The highest BCUT2D eigenvalue weighted by atomic mass is 32.2. The maximum absolute atomic E-state index is 6.20. The Morgan fingerprint density at radius 1 is 0.521 bits per heavy atom. The summed E-state index contributed by atoms with van der Waals surface area (Å²) in [4.78, 5) is 2.25. The summed E-state index contributed by atoms with van der Waals surface area (Å²) >= 11 is 3.91. The number of hydrogen-bond acceptors (Lipinski definition) is 5. The monoisotopic (exact) mass is 708 g/mol. The van der Waals surface area contributed by atoms with Crippen molar-refractivity contribution in [2.45, 2.75) is 181 Å². The highest BCUT2D eigenvalue weighted by molar-refractivity contribution is 8.01. The molecule has 5 heteroatoms. The van der Waals surface area contributed by atoms with Gasteiger partial charge >= 0.3 is 0 Å². The van der Waals surface area contributed by atoms with E-state index in [0.717, 1.165) is 43.2 Å². The predicted molar refractivity (Wildman–Crippen MR) is 224 cm³/mol. The normalized spacial score (nSPS) is 12.4. The average molecular weight is 708 g/mol. The predicted octanol–water partition coefficient (Wildman–Crippen LogP) is 13.9. The molecule has 0 fully saturated rings. The van der Waals surface area contributed by atoms with Crippen molar-refractivity contribution in [2.24, 2.45) is 0 Å². The second-order valence-electron chi connectivity index (χ2n) is 13.8. The van der Waals surface area contributed by atoms with Crippen LogP contribution < -0.4 is 5.32 Å². The lowest BCUT2D eigenvalue weighted by atomic mass is 10.1. The summed E-state index contributed by atoms with van der Waals surface area (Å²) in [5, 5.41) is 3.61. The molecule has 0 atom stereocenters. The first-order valence-electron chi connectivity index (χ1n) is 20.7. The molecule has 0 amide bonds. The molecule has 0 aromatic heterocycles. The molecule has 0 aliphatic rings. The van der Waals surface area contributed by atoms with Crippen molar-refractivity contribution < 1.29 is 4.74 Å². The number of nitrogens with zero attached hydrogens (tertiary/aromatic N) is 1. The molecule has 283 valence electrons. The Morgan fingerprint density at radius 3 is 1.54 bits per heavy atom. The first-order chi connectivity index (χ1) is 23.7. The average Bonchev–Trinajstić information content (AvgIpc) is 3.08. The molecule has 1 N–H and O–H groups in total. The number of rotatable bonds is 40. The van der Waals surface area contributed by atoms with Crippen LogP contribution in [0.25, 0.3) is 0 Å². The van der Waals surface area contributed by atoms with Crippen molar-refractivity contribution in [1.82, 2.24) is 10.2 Å². The number of hydrogen-bond donors (Lipinski definition) is 1. The molecular weight excluding hydrogens is 625 g/mol. The fourth-order valence-electron chi connectivity index (χ4n) is 5.52. The van der Waals surface area contributed by atoms with Gasteiger partial charge < -0.3 is 9.64 Å². The number of nitrogens with one attached hydrogen (secondary N) is 1. The van der Waals surface area contributed by atoms with Crippen LogP contribution in [0.4, 0.5) is 0 Å². The van der Waals surface area contributed by atoms with Gasteiger partial charge in [-0.3, -0.25) is 5.32 Å². The van der Waals surface area contributed by atoms with Gasteiger partial charge in [0, 0.05) is 18.1 Å². The zero-order valence-corrected chi connectivity index (χ0v) is 34.4. The van der Waals surface area contributed by atoms with Gasteiger partial charge in [0.25, 0.3) is 0 Å². The van der Waals surface area contributed by atoms with E-state index in [1.807, 2.05) is 11.8 Å². The zero-order chi connectivity index (χ0) is 34.9. The summed E-state index contributed by atoms with van der Waals surface area (Å²) in [7, 11) is 4.29. The van der Waals surface area contributed by atoms with E-state index in [9.17, 15) is 0 Å². The van der Waals surface area contributed by atoms with Crippen LogP contribution >= 0.6 is 23.5 Å². The van der Waals surface area contributed by atoms with Gasteiger partial charge in [0.1, 0.15) is 0 Å². The largest absolute Gasteiger partial charge is 0.346 e. The lowest BCUT2D eigenvalue weighted by Gasteiger charge is -2.18. The van der Waals surface area contributed by atoms with Crippen molar-refractivity contribution in [3.63, 3.8) is 0 Å². The Hall–Kier alpha value is -0.200. The van der Waals surface area contributed by atoms with E-state index < -0.39 is 0 Å². The second-order valence-corrected chi connectivity index (χ2v) is 16.1. The van der Waals surface area contributed by atoms with E-state index in [4.69, 9.17) is 4.74 Å². The molecular formula is C43H83N2OS2. The molecule has 0 aliphatic heterocycles. The molecule has 0 bridgehead atoms. The molecule has 0 saturated carbocycles. The number of unbranched alkanes of at least 4 members (excludes halogenated alkanes) is 21. The number of allylic oxidation sites excluding steroid dienone is 6. The third-order valence-electron chi connectivity index (χ3n) is 8.68. The van der Waals surface area contributed by atoms with E-state index in [0.29, 0.717) is 0 Å². The van der Waals surface area contributed by atoms with Crippen molar-refractivity contribution in [3.05, 3.63) is 42.0 Å². The fraction of sp³-hybridized carbons (Fsp3) is 0.837. The van der Waals surface area contributed by atoms with Crippen LogP contribution in [0.2, 0.25) is 0 Å². The zero-order valence-electron chi connectivity index (χ0n) is 32.8.